The summed E-state index contributed by atoms with van der Waals surface area (Å²) in [6.45, 7) is 2.08. The summed E-state index contributed by atoms with van der Waals surface area (Å²) in [5, 5.41) is 1.90. The van der Waals surface area contributed by atoms with Gasteiger partial charge in [-0.25, -0.2) is 0 Å². The number of hydrogen-bond acceptors (Lipinski definition) is 3. The molecular formula is C9H11N3. The van der Waals surface area contributed by atoms with Crippen molar-refractivity contribution in [3.63, 3.8) is 0 Å². The van der Waals surface area contributed by atoms with Crippen LogP contribution < -0.4 is 16.4 Å². The Labute approximate surface area is 70.7 Å². The molecule has 3 heteroatoms. The van der Waals surface area contributed by atoms with Gasteiger partial charge in [0.2, 0.25) is 0 Å². The van der Waals surface area contributed by atoms with Gasteiger partial charge in [0, 0.05) is 5.69 Å². The van der Waals surface area contributed by atoms with Crippen LogP contribution in [0.15, 0.2) is 28.2 Å². The van der Waals surface area contributed by atoms with Crippen LogP contribution in [0.1, 0.15) is 13.3 Å². The minimum atomic E-state index is 0.113. The largest absolute Gasteiger partial charge is 0.399 e. The second-order valence-corrected chi connectivity index (χ2v) is 2.90. The summed E-state index contributed by atoms with van der Waals surface area (Å²) in [4.78, 5) is 8.77. The summed E-state index contributed by atoms with van der Waals surface area (Å²) in [6, 6.07) is 5.65. The standard InChI is InChI=1S/C9H11N3/c1-2-9-11-7-4-3-6(10)5-8(7)12-9/h3-5,9H,2,10H2,1H3/t9-/m0/s1. The summed E-state index contributed by atoms with van der Waals surface area (Å²) in [7, 11) is 0. The number of nitrogen functional groups attached to an aromatic ring is 1. The van der Waals surface area contributed by atoms with Gasteiger partial charge < -0.3 is 5.73 Å². The number of rotatable bonds is 1. The fraction of sp³-hybridized carbons (Fsp3) is 0.333. The minimum Gasteiger partial charge on any atom is -0.399 e. The van der Waals surface area contributed by atoms with E-state index in [1.165, 1.54) is 0 Å². The van der Waals surface area contributed by atoms with E-state index >= 15 is 0 Å². The molecule has 0 aliphatic carbocycles. The van der Waals surface area contributed by atoms with Crippen molar-refractivity contribution < 1.29 is 0 Å². The second kappa shape index (κ2) is 2.59. The second-order valence-electron chi connectivity index (χ2n) is 2.90. The average Bonchev–Trinajstić information content (AvgIpc) is 2.46. The summed E-state index contributed by atoms with van der Waals surface area (Å²) in [5.41, 5.74) is 6.37. The number of hydrogen-bond donors (Lipinski definition) is 1. The molecule has 0 saturated heterocycles. The first kappa shape index (κ1) is 7.28. The molecule has 1 aromatic carbocycles. The molecule has 0 bridgehead atoms. The molecule has 0 unspecified atom stereocenters. The van der Waals surface area contributed by atoms with E-state index in [0.717, 1.165) is 22.8 Å². The molecule has 0 amide bonds. The lowest BCUT2D eigenvalue weighted by molar-refractivity contribution is 0.682. The number of anilines is 1. The SMILES string of the molecule is CC[C@H]1N=c2ccc(N)cc2=N1. The summed E-state index contributed by atoms with van der Waals surface area (Å²) in [6.07, 6.45) is 1.07. The average molecular weight is 161 g/mol. The number of nitrogens with two attached hydrogens (primary N) is 1. The van der Waals surface area contributed by atoms with Crippen LogP contribution in [0.2, 0.25) is 0 Å². The smallest absolute Gasteiger partial charge is 0.140 e. The molecule has 1 aromatic rings. The predicted octanol–water partition coefficient (Wildman–Crippen LogP) is 0.258. The van der Waals surface area contributed by atoms with Crippen LogP contribution in [0, 0.1) is 0 Å². The third-order valence-electron chi connectivity index (χ3n) is 1.94. The van der Waals surface area contributed by atoms with Crippen LogP contribution in [0.4, 0.5) is 5.69 Å². The Morgan fingerprint density at radius 3 is 2.83 bits per heavy atom. The molecule has 1 atom stereocenters. The van der Waals surface area contributed by atoms with Gasteiger partial charge in [-0.3, -0.25) is 9.98 Å². The van der Waals surface area contributed by atoms with Gasteiger partial charge in [0.05, 0.1) is 10.7 Å². The van der Waals surface area contributed by atoms with Crippen LogP contribution in [0.3, 0.4) is 0 Å². The molecular weight excluding hydrogens is 150 g/mol. The zero-order chi connectivity index (χ0) is 8.55. The number of benzene rings is 1. The molecule has 1 heterocycles. The number of nitrogens with zero attached hydrogens (tertiary/aromatic N) is 2. The van der Waals surface area contributed by atoms with Gasteiger partial charge in [0.1, 0.15) is 6.17 Å². The van der Waals surface area contributed by atoms with Crippen molar-refractivity contribution in [1.29, 1.82) is 0 Å². The van der Waals surface area contributed by atoms with E-state index in [2.05, 4.69) is 16.9 Å². The Kier molecular flexibility index (Phi) is 1.57. The summed E-state index contributed by atoms with van der Waals surface area (Å²) < 4.78 is 0. The van der Waals surface area contributed by atoms with Gasteiger partial charge >= 0.3 is 0 Å². The van der Waals surface area contributed by atoms with Crippen molar-refractivity contribution in [1.82, 2.24) is 0 Å². The highest BCUT2D eigenvalue weighted by molar-refractivity contribution is 5.36. The lowest BCUT2D eigenvalue weighted by Gasteiger charge is -1.94. The van der Waals surface area contributed by atoms with Gasteiger partial charge in [-0.2, -0.15) is 0 Å². The van der Waals surface area contributed by atoms with E-state index in [4.69, 9.17) is 5.73 Å². The van der Waals surface area contributed by atoms with Gasteiger partial charge in [-0.1, -0.05) is 6.92 Å². The van der Waals surface area contributed by atoms with Crippen molar-refractivity contribution in [2.45, 2.75) is 19.5 Å². The molecule has 0 radical (unpaired) electrons. The highest BCUT2D eigenvalue weighted by atomic mass is 15.0. The van der Waals surface area contributed by atoms with Crippen molar-refractivity contribution in [3.05, 3.63) is 28.9 Å². The maximum absolute atomic E-state index is 5.62. The Hall–Kier alpha value is -1.38. The van der Waals surface area contributed by atoms with E-state index < -0.39 is 0 Å². The predicted molar refractivity (Wildman–Crippen MR) is 47.2 cm³/mol. The first-order chi connectivity index (χ1) is 5.79. The van der Waals surface area contributed by atoms with Gasteiger partial charge in [0.25, 0.3) is 0 Å². The molecule has 1 aliphatic rings. The van der Waals surface area contributed by atoms with Crippen molar-refractivity contribution in [2.75, 3.05) is 5.73 Å². The monoisotopic (exact) mass is 161 g/mol. The molecule has 0 fully saturated rings. The molecule has 62 valence electrons. The third-order valence-corrected chi connectivity index (χ3v) is 1.94. The van der Waals surface area contributed by atoms with Gasteiger partial charge in [-0.05, 0) is 24.6 Å². The minimum absolute atomic E-state index is 0.113. The first-order valence-corrected chi connectivity index (χ1v) is 4.11. The van der Waals surface area contributed by atoms with Crippen molar-refractivity contribution in [3.8, 4) is 0 Å². The maximum atomic E-state index is 5.62. The molecule has 2 rings (SSSR count). The third kappa shape index (κ3) is 1.07. The zero-order valence-electron chi connectivity index (χ0n) is 6.99. The fourth-order valence-electron chi connectivity index (χ4n) is 1.29. The Bertz CT molecular complexity index is 408. The van der Waals surface area contributed by atoms with Crippen LogP contribution >= 0.6 is 0 Å². The Morgan fingerprint density at radius 2 is 2.08 bits per heavy atom. The van der Waals surface area contributed by atoms with Gasteiger partial charge in [-0.15, -0.1) is 0 Å². The topological polar surface area (TPSA) is 50.7 Å². The molecule has 0 spiro atoms. The molecule has 12 heavy (non-hydrogen) atoms. The number of fused-ring (bicyclic) bond motifs is 1. The van der Waals surface area contributed by atoms with E-state index in [1.807, 2.05) is 18.2 Å². The molecule has 1 aliphatic heterocycles. The van der Waals surface area contributed by atoms with Crippen molar-refractivity contribution >= 4 is 5.69 Å². The van der Waals surface area contributed by atoms with Crippen LogP contribution in [0.25, 0.3) is 0 Å². The summed E-state index contributed by atoms with van der Waals surface area (Å²) >= 11 is 0. The fourth-order valence-corrected chi connectivity index (χ4v) is 1.29. The van der Waals surface area contributed by atoms with Crippen LogP contribution in [-0.2, 0) is 0 Å². The van der Waals surface area contributed by atoms with Gasteiger partial charge in [0.15, 0.2) is 0 Å². The van der Waals surface area contributed by atoms with E-state index in [9.17, 15) is 0 Å². The normalized spacial score (nSPS) is 19.6. The zero-order valence-corrected chi connectivity index (χ0v) is 6.99. The lowest BCUT2D eigenvalue weighted by Crippen LogP contribution is -2.21. The highest BCUT2D eigenvalue weighted by Gasteiger charge is 2.06. The Balaban J connectivity index is 2.61. The quantitative estimate of drug-likeness (QED) is 0.590. The molecule has 0 saturated carbocycles. The molecule has 2 N–H and O–H groups in total. The van der Waals surface area contributed by atoms with E-state index in [1.54, 1.807) is 0 Å². The highest BCUT2D eigenvalue weighted by Crippen LogP contribution is 2.00. The van der Waals surface area contributed by atoms with E-state index in [-0.39, 0.29) is 6.17 Å². The lowest BCUT2D eigenvalue weighted by atomic mass is 10.3. The van der Waals surface area contributed by atoms with Crippen molar-refractivity contribution in [2.24, 2.45) is 9.98 Å². The summed E-state index contributed by atoms with van der Waals surface area (Å²) in [5.74, 6) is 0. The molecule has 0 aromatic heterocycles. The van der Waals surface area contributed by atoms with Crippen LogP contribution in [-0.4, -0.2) is 6.17 Å². The molecule has 3 nitrogen and oxygen atoms in total. The van der Waals surface area contributed by atoms with Crippen LogP contribution in [0.5, 0.6) is 0 Å². The Morgan fingerprint density at radius 1 is 1.33 bits per heavy atom. The maximum Gasteiger partial charge on any atom is 0.140 e. The van der Waals surface area contributed by atoms with E-state index in [0.29, 0.717) is 0 Å². The first-order valence-electron chi connectivity index (χ1n) is 4.11.